The van der Waals surface area contributed by atoms with Gasteiger partial charge in [0.15, 0.2) is 12.1 Å². The Morgan fingerprint density at radius 3 is 2.77 bits per heavy atom. The van der Waals surface area contributed by atoms with Gasteiger partial charge in [-0.2, -0.15) is 0 Å². The number of rotatable bonds is 3. The SMILES string of the molecule is O=CC(O)(C(=O)O)C1C=CC2=C(Cc3ccccc3S2)C1=O. The molecule has 6 heteroatoms. The van der Waals surface area contributed by atoms with Gasteiger partial charge < -0.3 is 10.2 Å². The fourth-order valence-corrected chi connectivity index (χ4v) is 3.71. The molecule has 0 fully saturated rings. The van der Waals surface area contributed by atoms with Crippen LogP contribution in [-0.4, -0.2) is 33.9 Å². The molecule has 0 saturated carbocycles. The van der Waals surface area contributed by atoms with Crippen molar-refractivity contribution >= 4 is 29.8 Å². The smallest absolute Gasteiger partial charge is 0.344 e. The van der Waals surface area contributed by atoms with Crippen LogP contribution in [0.3, 0.4) is 0 Å². The molecule has 1 aliphatic carbocycles. The van der Waals surface area contributed by atoms with Crippen LogP contribution in [0.25, 0.3) is 0 Å². The molecule has 2 aliphatic rings. The van der Waals surface area contributed by atoms with Gasteiger partial charge in [-0.3, -0.25) is 9.59 Å². The minimum absolute atomic E-state index is 0.0856. The van der Waals surface area contributed by atoms with Crippen molar-refractivity contribution in [3.8, 4) is 0 Å². The number of allylic oxidation sites excluding steroid dienone is 2. The van der Waals surface area contributed by atoms with Crippen LogP contribution in [0, 0.1) is 5.92 Å². The number of aldehydes is 1. The predicted molar refractivity (Wildman–Crippen MR) is 79.3 cm³/mol. The topological polar surface area (TPSA) is 91.7 Å². The van der Waals surface area contributed by atoms with Crippen LogP contribution in [-0.2, 0) is 20.8 Å². The summed E-state index contributed by atoms with van der Waals surface area (Å²) in [6.07, 6.45) is 3.19. The highest BCUT2D eigenvalue weighted by molar-refractivity contribution is 8.03. The molecule has 0 radical (unpaired) electrons. The average Bonchev–Trinajstić information content (AvgIpc) is 2.53. The zero-order chi connectivity index (χ0) is 15.9. The minimum atomic E-state index is -2.73. The molecule has 3 rings (SSSR count). The molecule has 1 aromatic carbocycles. The second-order valence-corrected chi connectivity index (χ2v) is 6.26. The maximum absolute atomic E-state index is 12.6. The van der Waals surface area contributed by atoms with E-state index in [4.69, 9.17) is 5.11 Å². The second-order valence-electron chi connectivity index (χ2n) is 5.18. The second kappa shape index (κ2) is 5.23. The molecule has 112 valence electrons. The molecule has 0 aromatic heterocycles. The first kappa shape index (κ1) is 14.7. The number of benzene rings is 1. The lowest BCUT2D eigenvalue weighted by atomic mass is 9.78. The van der Waals surface area contributed by atoms with Gasteiger partial charge in [0.1, 0.15) is 0 Å². The summed E-state index contributed by atoms with van der Waals surface area (Å²) in [6, 6.07) is 7.62. The van der Waals surface area contributed by atoms with E-state index in [1.807, 2.05) is 24.3 Å². The van der Waals surface area contributed by atoms with Crippen LogP contribution in [0.1, 0.15) is 5.56 Å². The largest absolute Gasteiger partial charge is 0.479 e. The summed E-state index contributed by atoms with van der Waals surface area (Å²) in [5, 5.41) is 19.1. The van der Waals surface area contributed by atoms with E-state index >= 15 is 0 Å². The van der Waals surface area contributed by atoms with Gasteiger partial charge in [0.25, 0.3) is 0 Å². The number of thioether (sulfide) groups is 1. The van der Waals surface area contributed by atoms with Gasteiger partial charge in [-0.25, -0.2) is 4.79 Å². The summed E-state index contributed by atoms with van der Waals surface area (Å²) < 4.78 is 0. The van der Waals surface area contributed by atoms with Crippen molar-refractivity contribution in [2.24, 2.45) is 5.92 Å². The lowest BCUT2D eigenvalue weighted by Crippen LogP contribution is -2.51. The Bertz CT molecular complexity index is 749. The average molecular weight is 316 g/mol. The Labute approximate surface area is 130 Å². The van der Waals surface area contributed by atoms with E-state index in [1.54, 1.807) is 6.08 Å². The number of aliphatic hydroxyl groups is 1. The van der Waals surface area contributed by atoms with E-state index in [2.05, 4.69) is 0 Å². The number of carboxylic acid groups (broad SMARTS) is 1. The monoisotopic (exact) mass is 316 g/mol. The van der Waals surface area contributed by atoms with Gasteiger partial charge in [0.05, 0.1) is 5.92 Å². The van der Waals surface area contributed by atoms with Crippen LogP contribution in [0.4, 0.5) is 0 Å². The normalized spacial score (nSPS) is 22.6. The zero-order valence-electron chi connectivity index (χ0n) is 11.4. The highest BCUT2D eigenvalue weighted by Gasteiger charge is 2.49. The summed E-state index contributed by atoms with van der Waals surface area (Å²) in [7, 11) is 0. The molecule has 0 spiro atoms. The van der Waals surface area contributed by atoms with E-state index in [-0.39, 0.29) is 6.29 Å². The molecule has 5 nitrogen and oxygen atoms in total. The van der Waals surface area contributed by atoms with E-state index in [1.165, 1.54) is 17.8 Å². The maximum atomic E-state index is 12.6. The Balaban J connectivity index is 1.99. The molecule has 2 N–H and O–H groups in total. The highest BCUT2D eigenvalue weighted by atomic mass is 32.2. The van der Waals surface area contributed by atoms with Gasteiger partial charge >= 0.3 is 5.97 Å². The van der Waals surface area contributed by atoms with Crippen LogP contribution in [0.15, 0.2) is 51.8 Å². The third-order valence-electron chi connectivity index (χ3n) is 3.87. The molecule has 22 heavy (non-hydrogen) atoms. The molecule has 0 bridgehead atoms. The molecule has 2 unspecified atom stereocenters. The van der Waals surface area contributed by atoms with E-state index < -0.39 is 23.3 Å². The number of carbonyl (C=O) groups excluding carboxylic acids is 2. The number of fused-ring (bicyclic) bond motifs is 1. The number of carbonyl (C=O) groups is 3. The van der Waals surface area contributed by atoms with E-state index in [9.17, 15) is 19.5 Å². The molecule has 0 amide bonds. The fraction of sp³-hybridized carbons (Fsp3) is 0.188. The Hall–Kier alpha value is -2.18. The predicted octanol–water partition coefficient (Wildman–Crippen LogP) is 1.36. The summed E-state index contributed by atoms with van der Waals surface area (Å²) in [5.74, 6) is -3.64. The van der Waals surface area contributed by atoms with Crippen molar-refractivity contribution in [3.63, 3.8) is 0 Å². The molecule has 0 saturated heterocycles. The van der Waals surface area contributed by atoms with Gasteiger partial charge in [0.2, 0.25) is 5.60 Å². The molecule has 2 atom stereocenters. The lowest BCUT2D eigenvalue weighted by Gasteiger charge is -2.30. The van der Waals surface area contributed by atoms with Crippen LogP contribution >= 0.6 is 11.8 Å². The summed E-state index contributed by atoms with van der Waals surface area (Å²) in [4.78, 5) is 36.6. The number of Topliss-reactive ketones (excluding diaryl/α,β-unsaturated/α-hetero) is 1. The molecule has 1 aliphatic heterocycles. The Morgan fingerprint density at radius 2 is 2.09 bits per heavy atom. The van der Waals surface area contributed by atoms with Gasteiger partial charge in [0, 0.05) is 21.8 Å². The standard InChI is InChI=1S/C16H12O5S/c17-8-16(21,15(19)20)11-5-6-13-10(14(11)18)7-9-3-1-2-4-12(9)22-13/h1-6,8,11,21H,7H2,(H,19,20). The molecular formula is C16H12O5S. The minimum Gasteiger partial charge on any atom is -0.479 e. The quantitative estimate of drug-likeness (QED) is 0.646. The number of ketones is 1. The number of hydrogen-bond donors (Lipinski definition) is 2. The number of aliphatic carboxylic acids is 1. The fourth-order valence-electron chi connectivity index (χ4n) is 2.61. The zero-order valence-corrected chi connectivity index (χ0v) is 12.2. The van der Waals surface area contributed by atoms with Crippen molar-refractivity contribution in [2.45, 2.75) is 16.9 Å². The van der Waals surface area contributed by atoms with Crippen molar-refractivity contribution in [3.05, 3.63) is 52.5 Å². The Kier molecular flexibility index (Phi) is 3.50. The Morgan fingerprint density at radius 1 is 1.36 bits per heavy atom. The van der Waals surface area contributed by atoms with E-state index in [0.717, 1.165) is 15.4 Å². The summed E-state index contributed by atoms with van der Waals surface area (Å²) in [6.45, 7) is 0. The first-order valence-corrected chi connectivity index (χ1v) is 7.42. The lowest BCUT2D eigenvalue weighted by molar-refractivity contribution is -0.166. The molecule has 1 aromatic rings. The first-order chi connectivity index (χ1) is 10.5. The number of hydrogen-bond acceptors (Lipinski definition) is 5. The van der Waals surface area contributed by atoms with Crippen LogP contribution in [0.2, 0.25) is 0 Å². The van der Waals surface area contributed by atoms with Crippen molar-refractivity contribution in [1.29, 1.82) is 0 Å². The third-order valence-corrected chi connectivity index (χ3v) is 5.09. The third kappa shape index (κ3) is 2.12. The summed E-state index contributed by atoms with van der Waals surface area (Å²) >= 11 is 1.43. The molecular weight excluding hydrogens is 304 g/mol. The van der Waals surface area contributed by atoms with Crippen molar-refractivity contribution < 1.29 is 24.6 Å². The van der Waals surface area contributed by atoms with E-state index in [0.29, 0.717) is 12.0 Å². The van der Waals surface area contributed by atoms with Crippen molar-refractivity contribution in [2.75, 3.05) is 0 Å². The van der Waals surface area contributed by atoms with Crippen LogP contribution in [0.5, 0.6) is 0 Å². The molecule has 1 heterocycles. The first-order valence-electron chi connectivity index (χ1n) is 6.61. The maximum Gasteiger partial charge on any atom is 0.344 e. The van der Waals surface area contributed by atoms with Gasteiger partial charge in [-0.05, 0) is 11.6 Å². The van der Waals surface area contributed by atoms with Gasteiger partial charge in [-0.1, -0.05) is 42.1 Å². The highest BCUT2D eigenvalue weighted by Crippen LogP contribution is 2.43. The summed E-state index contributed by atoms with van der Waals surface area (Å²) in [5.41, 5.74) is -1.32. The van der Waals surface area contributed by atoms with Crippen molar-refractivity contribution in [1.82, 2.24) is 0 Å². The number of carboxylic acids is 1. The van der Waals surface area contributed by atoms with Crippen LogP contribution < -0.4 is 0 Å². The van der Waals surface area contributed by atoms with Gasteiger partial charge in [-0.15, -0.1) is 0 Å².